The van der Waals surface area contributed by atoms with Crippen molar-refractivity contribution in [3.8, 4) is 0 Å². The Balaban J connectivity index is 1.92. The van der Waals surface area contributed by atoms with Crippen molar-refractivity contribution in [3.05, 3.63) is 54.9 Å². The zero-order chi connectivity index (χ0) is 11.7. The van der Waals surface area contributed by atoms with Gasteiger partial charge in [-0.2, -0.15) is 0 Å². The first-order chi connectivity index (χ1) is 8.34. The van der Waals surface area contributed by atoms with Gasteiger partial charge in [0.15, 0.2) is 12.2 Å². The number of anilines is 1. The molecule has 0 aliphatic carbocycles. The molecule has 2 aromatic rings. The maximum absolute atomic E-state index is 5.29. The standard InChI is InChI=1S/C13H11N2OS/c1-10-15(11-5-3-2-4-6-11)8-13(17-10)12-7-14-9-16-12/h2-7,9-10H,1H3. The second kappa shape index (κ2) is 4.30. The van der Waals surface area contributed by atoms with Gasteiger partial charge in [0, 0.05) is 5.69 Å². The van der Waals surface area contributed by atoms with E-state index in [1.54, 1.807) is 18.0 Å². The lowest BCUT2D eigenvalue weighted by molar-refractivity contribution is 0.547. The van der Waals surface area contributed by atoms with Gasteiger partial charge in [-0.15, -0.1) is 0 Å². The van der Waals surface area contributed by atoms with Gasteiger partial charge in [0.05, 0.1) is 22.7 Å². The molecule has 0 bridgehead atoms. The van der Waals surface area contributed by atoms with Gasteiger partial charge in [0.2, 0.25) is 0 Å². The van der Waals surface area contributed by atoms with E-state index in [0.29, 0.717) is 5.37 Å². The highest BCUT2D eigenvalue weighted by molar-refractivity contribution is 8.09. The minimum absolute atomic E-state index is 0.317. The minimum atomic E-state index is 0.317. The predicted molar refractivity (Wildman–Crippen MR) is 69.1 cm³/mol. The molecule has 3 rings (SSSR count). The summed E-state index contributed by atoms with van der Waals surface area (Å²) in [4.78, 5) is 7.04. The number of para-hydroxylation sites is 1. The van der Waals surface area contributed by atoms with Crippen molar-refractivity contribution >= 4 is 22.4 Å². The lowest BCUT2D eigenvalue weighted by Gasteiger charge is -2.20. The van der Waals surface area contributed by atoms with E-state index in [9.17, 15) is 0 Å². The van der Waals surface area contributed by atoms with Crippen LogP contribution in [-0.4, -0.2) is 10.4 Å². The van der Waals surface area contributed by atoms with Gasteiger partial charge < -0.3 is 9.32 Å². The number of nitrogens with zero attached hydrogens (tertiary/aromatic N) is 2. The van der Waals surface area contributed by atoms with Crippen LogP contribution in [0.2, 0.25) is 0 Å². The summed E-state index contributed by atoms with van der Waals surface area (Å²) in [5.41, 5.74) is 1.14. The van der Waals surface area contributed by atoms with Crippen LogP contribution in [0, 0.1) is 6.20 Å². The normalized spacial score (nSPS) is 19.5. The van der Waals surface area contributed by atoms with Gasteiger partial charge in [-0.1, -0.05) is 30.0 Å². The molecule has 0 spiro atoms. The minimum Gasteiger partial charge on any atom is -0.443 e. The maximum atomic E-state index is 5.29. The van der Waals surface area contributed by atoms with E-state index in [2.05, 4.69) is 35.1 Å². The van der Waals surface area contributed by atoms with Crippen molar-refractivity contribution in [1.82, 2.24) is 4.98 Å². The predicted octanol–water partition coefficient (Wildman–Crippen LogP) is 3.38. The van der Waals surface area contributed by atoms with Crippen molar-refractivity contribution in [2.75, 3.05) is 4.90 Å². The molecule has 85 valence electrons. The number of aromatic nitrogens is 1. The first-order valence-corrected chi connectivity index (χ1v) is 6.26. The zero-order valence-electron chi connectivity index (χ0n) is 9.33. The van der Waals surface area contributed by atoms with Crippen LogP contribution in [0.1, 0.15) is 12.7 Å². The molecule has 2 heterocycles. The number of hydrogen-bond donors (Lipinski definition) is 0. The molecular weight excluding hydrogens is 232 g/mol. The van der Waals surface area contributed by atoms with Gasteiger partial charge in [-0.3, -0.25) is 0 Å². The Kier molecular flexibility index (Phi) is 2.65. The molecule has 17 heavy (non-hydrogen) atoms. The molecule has 1 radical (unpaired) electrons. The van der Waals surface area contributed by atoms with E-state index >= 15 is 0 Å². The summed E-state index contributed by atoms with van der Waals surface area (Å²) in [6.45, 7) is 2.15. The first kappa shape index (κ1) is 10.5. The summed E-state index contributed by atoms with van der Waals surface area (Å²) in [6.07, 6.45) is 6.50. The molecule has 1 unspecified atom stereocenters. The second-order valence-electron chi connectivity index (χ2n) is 3.73. The number of benzene rings is 1. The van der Waals surface area contributed by atoms with Crippen molar-refractivity contribution in [1.29, 1.82) is 0 Å². The number of hydrogen-bond acceptors (Lipinski definition) is 4. The quantitative estimate of drug-likeness (QED) is 0.808. The van der Waals surface area contributed by atoms with Crippen LogP contribution in [0.15, 0.2) is 47.3 Å². The molecule has 0 N–H and O–H groups in total. The fourth-order valence-electron chi connectivity index (χ4n) is 1.75. The smallest absolute Gasteiger partial charge is 0.181 e. The average Bonchev–Trinajstić information content (AvgIpc) is 2.99. The highest BCUT2D eigenvalue weighted by Crippen LogP contribution is 2.40. The van der Waals surface area contributed by atoms with E-state index in [-0.39, 0.29) is 0 Å². The van der Waals surface area contributed by atoms with Crippen molar-refractivity contribution in [2.45, 2.75) is 12.3 Å². The Hall–Kier alpha value is -1.68. The molecule has 4 heteroatoms. The lowest BCUT2D eigenvalue weighted by Crippen LogP contribution is -2.20. The van der Waals surface area contributed by atoms with Crippen LogP contribution in [0.3, 0.4) is 0 Å². The zero-order valence-corrected chi connectivity index (χ0v) is 10.1. The molecule has 1 aromatic carbocycles. The van der Waals surface area contributed by atoms with Crippen LogP contribution in [0.25, 0.3) is 4.91 Å². The molecule has 3 nitrogen and oxygen atoms in total. The van der Waals surface area contributed by atoms with Crippen LogP contribution in [0.4, 0.5) is 5.69 Å². The Morgan fingerprint density at radius 1 is 1.35 bits per heavy atom. The van der Waals surface area contributed by atoms with Gasteiger partial charge in [-0.25, -0.2) is 4.98 Å². The highest BCUT2D eigenvalue weighted by atomic mass is 32.2. The van der Waals surface area contributed by atoms with Crippen molar-refractivity contribution in [3.63, 3.8) is 0 Å². The van der Waals surface area contributed by atoms with Crippen molar-refractivity contribution < 1.29 is 4.42 Å². The first-order valence-electron chi connectivity index (χ1n) is 5.38. The summed E-state index contributed by atoms with van der Waals surface area (Å²) in [5.74, 6) is 0.778. The molecule has 1 aliphatic rings. The Labute approximate surface area is 104 Å². The highest BCUT2D eigenvalue weighted by Gasteiger charge is 2.25. The average molecular weight is 243 g/mol. The summed E-state index contributed by atoms with van der Waals surface area (Å²) >= 11 is 1.72. The Morgan fingerprint density at radius 2 is 2.18 bits per heavy atom. The van der Waals surface area contributed by atoms with Crippen LogP contribution >= 0.6 is 11.8 Å². The molecule has 0 saturated heterocycles. The SMILES string of the molecule is CC1SC(c2cnco2)=[C]N1c1ccccc1. The largest absolute Gasteiger partial charge is 0.443 e. The van der Waals surface area contributed by atoms with Crippen LogP contribution in [-0.2, 0) is 0 Å². The molecule has 0 saturated carbocycles. The van der Waals surface area contributed by atoms with Gasteiger partial charge in [0.1, 0.15) is 0 Å². The van der Waals surface area contributed by atoms with Gasteiger partial charge in [0.25, 0.3) is 0 Å². The molecular formula is C13H11N2OS. The molecule has 0 fully saturated rings. The monoisotopic (exact) mass is 243 g/mol. The summed E-state index contributed by atoms with van der Waals surface area (Å²) in [6, 6.07) is 10.2. The fraction of sp³-hybridized carbons (Fsp3) is 0.154. The third-order valence-electron chi connectivity index (χ3n) is 2.56. The fourth-order valence-corrected chi connectivity index (χ4v) is 2.74. The Morgan fingerprint density at radius 3 is 2.88 bits per heavy atom. The van der Waals surface area contributed by atoms with E-state index in [1.807, 2.05) is 18.2 Å². The number of oxazole rings is 1. The van der Waals surface area contributed by atoms with E-state index in [0.717, 1.165) is 16.4 Å². The third-order valence-corrected chi connectivity index (χ3v) is 3.64. The summed E-state index contributed by atoms with van der Waals surface area (Å²) in [7, 11) is 0. The second-order valence-corrected chi connectivity index (χ2v) is 5.06. The molecule has 1 aromatic heterocycles. The van der Waals surface area contributed by atoms with Crippen LogP contribution < -0.4 is 4.90 Å². The van der Waals surface area contributed by atoms with Crippen molar-refractivity contribution in [2.24, 2.45) is 0 Å². The van der Waals surface area contributed by atoms with E-state index in [4.69, 9.17) is 4.42 Å². The Bertz CT molecular complexity index is 522. The topological polar surface area (TPSA) is 29.3 Å². The summed E-state index contributed by atoms with van der Waals surface area (Å²) < 4.78 is 5.29. The van der Waals surface area contributed by atoms with Gasteiger partial charge in [-0.05, 0) is 19.1 Å². The van der Waals surface area contributed by atoms with Gasteiger partial charge >= 0.3 is 0 Å². The maximum Gasteiger partial charge on any atom is 0.181 e. The lowest BCUT2D eigenvalue weighted by atomic mass is 10.3. The number of rotatable bonds is 2. The van der Waals surface area contributed by atoms with Crippen LogP contribution in [0.5, 0.6) is 0 Å². The molecule has 0 amide bonds. The molecule has 1 atom stereocenters. The van der Waals surface area contributed by atoms with E-state index < -0.39 is 0 Å². The number of thioether (sulfide) groups is 1. The summed E-state index contributed by atoms with van der Waals surface area (Å²) in [5, 5.41) is 0.317. The van der Waals surface area contributed by atoms with E-state index in [1.165, 1.54) is 6.39 Å². The molecule has 1 aliphatic heterocycles. The third kappa shape index (κ3) is 1.96.